The van der Waals surface area contributed by atoms with E-state index in [4.69, 9.17) is 0 Å². The highest BCUT2D eigenvalue weighted by Gasteiger charge is 2.27. The number of hydrogen-bond donors (Lipinski definition) is 1. The van der Waals surface area contributed by atoms with Crippen LogP contribution in [-0.4, -0.2) is 68.6 Å². The fraction of sp³-hybridized carbons (Fsp3) is 0.923. The lowest BCUT2D eigenvalue weighted by molar-refractivity contribution is -0.120. The van der Waals surface area contributed by atoms with Gasteiger partial charge in [-0.25, -0.2) is 8.42 Å². The summed E-state index contributed by atoms with van der Waals surface area (Å²) in [7, 11) is -3.04. The first kappa shape index (κ1) is 15.7. The first-order valence-electron chi connectivity index (χ1n) is 7.48. The van der Waals surface area contributed by atoms with Crippen LogP contribution in [0, 0.1) is 5.92 Å². The van der Waals surface area contributed by atoms with Gasteiger partial charge < -0.3 is 10.2 Å². The van der Waals surface area contributed by atoms with Crippen LogP contribution in [0.3, 0.4) is 0 Å². The van der Waals surface area contributed by atoms with Crippen LogP contribution in [0.5, 0.6) is 0 Å². The van der Waals surface area contributed by atoms with Crippen molar-refractivity contribution < 1.29 is 13.2 Å². The summed E-state index contributed by atoms with van der Waals surface area (Å²) in [5.41, 5.74) is 0. The smallest absolute Gasteiger partial charge is 0.220 e. The molecule has 6 nitrogen and oxygen atoms in total. The van der Waals surface area contributed by atoms with Crippen molar-refractivity contribution in [2.24, 2.45) is 5.92 Å². The van der Waals surface area contributed by atoms with E-state index in [0.29, 0.717) is 25.4 Å². The van der Waals surface area contributed by atoms with E-state index in [9.17, 15) is 13.2 Å². The number of amides is 1. The van der Waals surface area contributed by atoms with Gasteiger partial charge in [-0.2, -0.15) is 4.31 Å². The lowest BCUT2D eigenvalue weighted by atomic mass is 10.00. The standard InChI is InChI=1S/C13H25N3O3S/c1-2-20(18,19)16-9-7-15(8-10-16)11-12-3-4-13(17)14-6-5-12/h12H,2-11H2,1H3,(H,14,17). The second kappa shape index (κ2) is 6.87. The average Bonchev–Trinajstić information content (AvgIpc) is 2.64. The summed E-state index contributed by atoms with van der Waals surface area (Å²) in [6.45, 7) is 6.24. The molecule has 116 valence electrons. The summed E-state index contributed by atoms with van der Waals surface area (Å²) >= 11 is 0. The van der Waals surface area contributed by atoms with E-state index < -0.39 is 10.0 Å². The first-order valence-corrected chi connectivity index (χ1v) is 9.09. The van der Waals surface area contributed by atoms with Crippen molar-refractivity contribution in [3.8, 4) is 0 Å². The highest BCUT2D eigenvalue weighted by molar-refractivity contribution is 7.89. The molecule has 7 heteroatoms. The molecule has 2 aliphatic heterocycles. The van der Waals surface area contributed by atoms with Crippen LogP contribution in [0.2, 0.25) is 0 Å². The van der Waals surface area contributed by atoms with Crippen LogP contribution >= 0.6 is 0 Å². The summed E-state index contributed by atoms with van der Waals surface area (Å²) in [6, 6.07) is 0. The zero-order valence-corrected chi connectivity index (χ0v) is 13.0. The van der Waals surface area contributed by atoms with Crippen molar-refractivity contribution in [1.82, 2.24) is 14.5 Å². The van der Waals surface area contributed by atoms with Crippen LogP contribution in [-0.2, 0) is 14.8 Å². The molecule has 1 unspecified atom stereocenters. The number of carbonyl (C=O) groups is 1. The van der Waals surface area contributed by atoms with Crippen molar-refractivity contribution in [3.63, 3.8) is 0 Å². The summed E-state index contributed by atoms with van der Waals surface area (Å²) in [4.78, 5) is 13.6. The average molecular weight is 303 g/mol. The predicted octanol–water partition coefficient (Wildman–Crippen LogP) is -0.130. The number of piperazine rings is 1. The Balaban J connectivity index is 1.78. The molecule has 0 aromatic heterocycles. The van der Waals surface area contributed by atoms with Gasteiger partial charge in [-0.05, 0) is 25.7 Å². The fourth-order valence-electron chi connectivity index (χ4n) is 2.90. The summed E-state index contributed by atoms with van der Waals surface area (Å²) in [5.74, 6) is 0.887. The molecule has 0 bridgehead atoms. The summed E-state index contributed by atoms with van der Waals surface area (Å²) in [6.07, 6.45) is 2.59. The minimum absolute atomic E-state index is 0.159. The maximum atomic E-state index is 11.8. The van der Waals surface area contributed by atoms with Crippen LogP contribution < -0.4 is 5.32 Å². The van der Waals surface area contributed by atoms with Gasteiger partial charge in [0.15, 0.2) is 0 Å². The number of nitrogens with zero attached hydrogens (tertiary/aromatic N) is 2. The molecule has 0 aromatic carbocycles. The zero-order valence-electron chi connectivity index (χ0n) is 12.2. The van der Waals surface area contributed by atoms with Crippen molar-refractivity contribution in [2.75, 3.05) is 45.0 Å². The predicted molar refractivity (Wildman–Crippen MR) is 77.8 cm³/mol. The quantitative estimate of drug-likeness (QED) is 0.785. The van der Waals surface area contributed by atoms with E-state index >= 15 is 0 Å². The van der Waals surface area contributed by atoms with Crippen molar-refractivity contribution in [3.05, 3.63) is 0 Å². The molecule has 0 aromatic rings. The maximum absolute atomic E-state index is 11.8. The number of carbonyl (C=O) groups excluding carboxylic acids is 1. The van der Waals surface area contributed by atoms with Crippen molar-refractivity contribution >= 4 is 15.9 Å². The monoisotopic (exact) mass is 303 g/mol. The molecule has 1 N–H and O–H groups in total. The molecule has 0 saturated carbocycles. The fourth-order valence-corrected chi connectivity index (χ4v) is 3.99. The largest absolute Gasteiger partial charge is 0.356 e. The molecule has 1 atom stereocenters. The second-order valence-electron chi connectivity index (χ2n) is 5.64. The number of hydrogen-bond acceptors (Lipinski definition) is 4. The van der Waals surface area contributed by atoms with Crippen molar-refractivity contribution in [1.29, 1.82) is 0 Å². The number of nitrogens with one attached hydrogen (secondary N) is 1. The van der Waals surface area contributed by atoms with Gasteiger partial charge in [0, 0.05) is 45.7 Å². The van der Waals surface area contributed by atoms with E-state index in [0.717, 1.165) is 39.0 Å². The normalized spacial score (nSPS) is 27.1. The van der Waals surface area contributed by atoms with Gasteiger partial charge in [-0.15, -0.1) is 0 Å². The molecule has 2 fully saturated rings. The lowest BCUT2D eigenvalue weighted by Crippen LogP contribution is -2.50. The third-order valence-electron chi connectivity index (χ3n) is 4.26. The molecule has 2 heterocycles. The summed E-state index contributed by atoms with van der Waals surface area (Å²) in [5, 5.41) is 2.90. The first-order chi connectivity index (χ1) is 9.51. The van der Waals surface area contributed by atoms with Gasteiger partial charge in [0.2, 0.25) is 15.9 Å². The highest BCUT2D eigenvalue weighted by atomic mass is 32.2. The Hall–Kier alpha value is -0.660. The molecular weight excluding hydrogens is 278 g/mol. The van der Waals surface area contributed by atoms with Crippen LogP contribution in [0.4, 0.5) is 0 Å². The Morgan fingerprint density at radius 1 is 1.20 bits per heavy atom. The topological polar surface area (TPSA) is 69.7 Å². The zero-order chi connectivity index (χ0) is 14.6. The van der Waals surface area contributed by atoms with Crippen molar-refractivity contribution in [2.45, 2.75) is 26.2 Å². The highest BCUT2D eigenvalue weighted by Crippen LogP contribution is 2.17. The molecule has 0 radical (unpaired) electrons. The lowest BCUT2D eigenvalue weighted by Gasteiger charge is -2.35. The molecule has 0 spiro atoms. The van der Waals surface area contributed by atoms with E-state index in [2.05, 4.69) is 10.2 Å². The minimum Gasteiger partial charge on any atom is -0.356 e. The van der Waals surface area contributed by atoms with Gasteiger partial charge in [0.05, 0.1) is 5.75 Å². The van der Waals surface area contributed by atoms with E-state index in [1.807, 2.05) is 0 Å². The van der Waals surface area contributed by atoms with Gasteiger partial charge in [-0.3, -0.25) is 4.79 Å². The molecular formula is C13H25N3O3S. The van der Waals surface area contributed by atoms with E-state index in [-0.39, 0.29) is 11.7 Å². The van der Waals surface area contributed by atoms with Crippen LogP contribution in [0.1, 0.15) is 26.2 Å². The molecule has 1 amide bonds. The maximum Gasteiger partial charge on any atom is 0.220 e. The summed E-state index contributed by atoms with van der Waals surface area (Å²) < 4.78 is 25.2. The second-order valence-corrected chi connectivity index (χ2v) is 7.90. The number of sulfonamides is 1. The molecule has 20 heavy (non-hydrogen) atoms. The molecule has 2 saturated heterocycles. The van der Waals surface area contributed by atoms with Gasteiger partial charge in [0.1, 0.15) is 0 Å². The molecule has 2 aliphatic rings. The Kier molecular flexibility index (Phi) is 5.40. The third kappa shape index (κ3) is 4.17. The Morgan fingerprint density at radius 2 is 1.90 bits per heavy atom. The van der Waals surface area contributed by atoms with Crippen LogP contribution in [0.25, 0.3) is 0 Å². The van der Waals surface area contributed by atoms with E-state index in [1.165, 1.54) is 0 Å². The van der Waals surface area contributed by atoms with Gasteiger partial charge in [0.25, 0.3) is 0 Å². The third-order valence-corrected chi connectivity index (χ3v) is 6.14. The Morgan fingerprint density at radius 3 is 2.55 bits per heavy atom. The van der Waals surface area contributed by atoms with Gasteiger partial charge >= 0.3 is 0 Å². The molecule has 0 aliphatic carbocycles. The molecule has 2 rings (SSSR count). The van der Waals surface area contributed by atoms with E-state index in [1.54, 1.807) is 11.2 Å². The Bertz CT molecular complexity index is 430. The number of rotatable bonds is 4. The Labute approximate surface area is 121 Å². The van der Waals surface area contributed by atoms with Gasteiger partial charge in [-0.1, -0.05) is 0 Å². The van der Waals surface area contributed by atoms with Crippen LogP contribution in [0.15, 0.2) is 0 Å². The minimum atomic E-state index is -3.04. The SMILES string of the molecule is CCS(=O)(=O)N1CCN(CC2CCNC(=O)CC2)CC1.